The predicted octanol–water partition coefficient (Wildman–Crippen LogP) is 4.27. The van der Waals surface area contributed by atoms with Crippen molar-refractivity contribution in [1.82, 2.24) is 10.2 Å². The van der Waals surface area contributed by atoms with Crippen molar-refractivity contribution in [3.63, 3.8) is 0 Å². The van der Waals surface area contributed by atoms with Gasteiger partial charge in [0.05, 0.1) is 12.2 Å². The van der Waals surface area contributed by atoms with E-state index in [9.17, 15) is 9.59 Å². The van der Waals surface area contributed by atoms with Crippen molar-refractivity contribution < 1.29 is 14.3 Å². The first-order valence-corrected chi connectivity index (χ1v) is 9.23. The molecule has 0 radical (unpaired) electrons. The average Bonchev–Trinajstić information content (AvgIpc) is 2.71. The number of ether oxygens (including phenoxy) is 1. The molecule has 3 aromatic rings. The summed E-state index contributed by atoms with van der Waals surface area (Å²) in [6, 6.07) is 15.9. The molecule has 7 nitrogen and oxygen atoms in total. The van der Waals surface area contributed by atoms with E-state index in [1.54, 1.807) is 43.3 Å². The van der Waals surface area contributed by atoms with Crippen LogP contribution in [-0.4, -0.2) is 28.7 Å². The first-order chi connectivity index (χ1) is 14.0. The molecule has 0 spiro atoms. The second-order valence-corrected chi connectivity index (χ2v) is 6.50. The number of anilines is 3. The van der Waals surface area contributed by atoms with Crippen molar-refractivity contribution in [2.45, 2.75) is 20.8 Å². The normalized spacial score (nSPS) is 10.3. The van der Waals surface area contributed by atoms with E-state index in [0.717, 1.165) is 22.5 Å². The number of aryl methyl sites for hydroxylation is 2. The number of hydrogen-bond acceptors (Lipinski definition) is 6. The van der Waals surface area contributed by atoms with Crippen LogP contribution in [0.3, 0.4) is 0 Å². The number of aromatic nitrogens is 2. The maximum absolute atomic E-state index is 12.4. The summed E-state index contributed by atoms with van der Waals surface area (Å²) < 4.78 is 4.96. The molecular weight excluding hydrogens is 368 g/mol. The number of nitrogens with zero attached hydrogens (tertiary/aromatic N) is 2. The van der Waals surface area contributed by atoms with Gasteiger partial charge in [-0.2, -0.15) is 0 Å². The minimum atomic E-state index is -0.363. The van der Waals surface area contributed by atoms with Crippen LogP contribution in [0.4, 0.5) is 17.2 Å². The van der Waals surface area contributed by atoms with Crippen molar-refractivity contribution >= 4 is 29.1 Å². The van der Waals surface area contributed by atoms with E-state index in [-0.39, 0.29) is 17.6 Å². The Morgan fingerprint density at radius 2 is 1.72 bits per heavy atom. The molecule has 0 unspecified atom stereocenters. The van der Waals surface area contributed by atoms with Crippen LogP contribution in [0.2, 0.25) is 0 Å². The molecule has 0 atom stereocenters. The van der Waals surface area contributed by atoms with E-state index in [1.165, 1.54) is 0 Å². The molecule has 2 aromatic carbocycles. The second-order valence-electron chi connectivity index (χ2n) is 6.50. The highest BCUT2D eigenvalue weighted by atomic mass is 16.5. The molecule has 3 rings (SSSR count). The number of benzene rings is 2. The maximum atomic E-state index is 12.4. The summed E-state index contributed by atoms with van der Waals surface area (Å²) in [6.07, 6.45) is 0. The van der Waals surface area contributed by atoms with Crippen molar-refractivity contribution in [2.24, 2.45) is 0 Å². The number of hydrogen-bond donors (Lipinski definition) is 2. The summed E-state index contributed by atoms with van der Waals surface area (Å²) >= 11 is 0. The molecule has 1 heterocycles. The molecule has 148 valence electrons. The minimum Gasteiger partial charge on any atom is -0.462 e. The van der Waals surface area contributed by atoms with E-state index < -0.39 is 0 Å². The fraction of sp³-hybridized carbons (Fsp3) is 0.182. The molecule has 1 aromatic heterocycles. The molecule has 0 saturated carbocycles. The lowest BCUT2D eigenvalue weighted by Gasteiger charge is -2.09. The van der Waals surface area contributed by atoms with Crippen molar-refractivity contribution in [1.29, 1.82) is 0 Å². The lowest BCUT2D eigenvalue weighted by Crippen LogP contribution is -2.15. The highest BCUT2D eigenvalue weighted by Crippen LogP contribution is 2.18. The zero-order chi connectivity index (χ0) is 20.8. The molecule has 0 aliphatic rings. The van der Waals surface area contributed by atoms with Crippen molar-refractivity contribution in [3.8, 4) is 0 Å². The predicted molar refractivity (Wildman–Crippen MR) is 112 cm³/mol. The first kappa shape index (κ1) is 20.0. The van der Waals surface area contributed by atoms with Crippen LogP contribution >= 0.6 is 0 Å². The van der Waals surface area contributed by atoms with Gasteiger partial charge in [-0.25, -0.2) is 4.79 Å². The van der Waals surface area contributed by atoms with E-state index in [4.69, 9.17) is 4.74 Å². The van der Waals surface area contributed by atoms with Gasteiger partial charge in [0.2, 0.25) is 0 Å². The van der Waals surface area contributed by atoms with E-state index >= 15 is 0 Å². The van der Waals surface area contributed by atoms with Gasteiger partial charge >= 0.3 is 5.97 Å². The number of nitrogens with one attached hydrogen (secondary N) is 2. The Morgan fingerprint density at radius 1 is 0.966 bits per heavy atom. The van der Waals surface area contributed by atoms with Crippen LogP contribution in [0.15, 0.2) is 54.6 Å². The van der Waals surface area contributed by atoms with Crippen LogP contribution in [0.1, 0.15) is 38.9 Å². The summed E-state index contributed by atoms with van der Waals surface area (Å²) in [6.45, 7) is 6.03. The zero-order valence-electron chi connectivity index (χ0n) is 16.5. The van der Waals surface area contributed by atoms with E-state index in [0.29, 0.717) is 18.0 Å². The number of rotatable bonds is 6. The van der Waals surface area contributed by atoms with Gasteiger partial charge in [-0.15, -0.1) is 10.2 Å². The quantitative estimate of drug-likeness (QED) is 0.611. The third-order valence-electron chi connectivity index (χ3n) is 4.20. The Balaban J connectivity index is 1.63. The lowest BCUT2D eigenvalue weighted by atomic mass is 10.1. The maximum Gasteiger partial charge on any atom is 0.338 e. The van der Waals surface area contributed by atoms with Crippen LogP contribution in [0.5, 0.6) is 0 Å². The highest BCUT2D eigenvalue weighted by molar-refractivity contribution is 6.03. The Kier molecular flexibility index (Phi) is 6.19. The zero-order valence-corrected chi connectivity index (χ0v) is 16.5. The van der Waals surface area contributed by atoms with E-state index in [2.05, 4.69) is 20.8 Å². The van der Waals surface area contributed by atoms with Gasteiger partial charge in [-0.3, -0.25) is 4.79 Å². The molecule has 1 amide bonds. The molecule has 7 heteroatoms. The summed E-state index contributed by atoms with van der Waals surface area (Å²) in [5.41, 5.74) is 4.28. The SMILES string of the molecule is CCOC(=O)c1ccc(Nc2ccc(C(=O)Nc3ccc(C)cc3C)nn2)cc1. The summed E-state index contributed by atoms with van der Waals surface area (Å²) in [5, 5.41) is 14.0. The van der Waals surface area contributed by atoms with Gasteiger partial charge in [-0.1, -0.05) is 17.7 Å². The van der Waals surface area contributed by atoms with Gasteiger partial charge in [-0.05, 0) is 68.8 Å². The average molecular weight is 390 g/mol. The smallest absolute Gasteiger partial charge is 0.338 e. The van der Waals surface area contributed by atoms with Crippen molar-refractivity contribution in [2.75, 3.05) is 17.2 Å². The highest BCUT2D eigenvalue weighted by Gasteiger charge is 2.11. The van der Waals surface area contributed by atoms with Crippen LogP contribution in [0.25, 0.3) is 0 Å². The number of carbonyl (C=O) groups is 2. The molecular formula is C22H22N4O3. The van der Waals surface area contributed by atoms with Gasteiger partial charge < -0.3 is 15.4 Å². The number of carbonyl (C=O) groups excluding carboxylic acids is 2. The summed E-state index contributed by atoms with van der Waals surface area (Å²) in [7, 11) is 0. The Bertz CT molecular complexity index is 1020. The number of esters is 1. The Hall–Kier alpha value is -3.74. The van der Waals surface area contributed by atoms with Crippen LogP contribution in [0, 0.1) is 13.8 Å². The minimum absolute atomic E-state index is 0.216. The van der Waals surface area contributed by atoms with E-state index in [1.807, 2.05) is 32.0 Å². The molecule has 29 heavy (non-hydrogen) atoms. The molecule has 0 aliphatic heterocycles. The monoisotopic (exact) mass is 390 g/mol. The van der Waals surface area contributed by atoms with Gasteiger partial charge in [0.25, 0.3) is 5.91 Å². The summed E-state index contributed by atoms with van der Waals surface area (Å²) in [4.78, 5) is 24.1. The standard InChI is InChI=1S/C22H22N4O3/c1-4-29-22(28)16-6-8-17(9-7-16)23-20-12-11-19(25-26-20)21(27)24-18-10-5-14(2)13-15(18)3/h5-13H,4H2,1-3H3,(H,23,26)(H,24,27). The fourth-order valence-corrected chi connectivity index (χ4v) is 2.71. The number of amides is 1. The fourth-order valence-electron chi connectivity index (χ4n) is 2.71. The van der Waals surface area contributed by atoms with Crippen LogP contribution in [-0.2, 0) is 4.74 Å². The molecule has 0 aliphatic carbocycles. The van der Waals surface area contributed by atoms with Crippen LogP contribution < -0.4 is 10.6 Å². The van der Waals surface area contributed by atoms with Gasteiger partial charge in [0.15, 0.2) is 11.5 Å². The molecule has 0 bridgehead atoms. The Labute approximate surface area is 169 Å². The molecule has 2 N–H and O–H groups in total. The summed E-state index contributed by atoms with van der Waals surface area (Å²) in [5.74, 6) is -0.204. The third kappa shape index (κ3) is 5.16. The molecule has 0 fully saturated rings. The molecule has 0 saturated heterocycles. The largest absolute Gasteiger partial charge is 0.462 e. The third-order valence-corrected chi connectivity index (χ3v) is 4.20. The van der Waals surface area contributed by atoms with Gasteiger partial charge in [0.1, 0.15) is 0 Å². The van der Waals surface area contributed by atoms with Gasteiger partial charge in [0, 0.05) is 11.4 Å². The topological polar surface area (TPSA) is 93.2 Å². The lowest BCUT2D eigenvalue weighted by molar-refractivity contribution is 0.0526. The van der Waals surface area contributed by atoms with Crippen molar-refractivity contribution in [3.05, 3.63) is 77.0 Å². The second kappa shape index (κ2) is 8.97. The first-order valence-electron chi connectivity index (χ1n) is 9.23. The Morgan fingerprint density at radius 3 is 2.34 bits per heavy atom.